The number of nitrogens with zero attached hydrogens (tertiary/aromatic N) is 1. The molecule has 8 heteroatoms. The number of rotatable bonds is 7. The summed E-state index contributed by atoms with van der Waals surface area (Å²) in [5.74, 6) is -2.56. The van der Waals surface area contributed by atoms with Gasteiger partial charge >= 0.3 is 17.8 Å². The molecule has 0 aliphatic carbocycles. The van der Waals surface area contributed by atoms with E-state index in [1.807, 2.05) is 6.92 Å². The maximum atomic E-state index is 11.5. The molecular weight excluding hydrogens is 314 g/mol. The summed E-state index contributed by atoms with van der Waals surface area (Å²) in [5.41, 5.74) is 2.52. The van der Waals surface area contributed by atoms with Crippen molar-refractivity contribution in [3.05, 3.63) is 29.3 Å². The van der Waals surface area contributed by atoms with Gasteiger partial charge in [0.1, 0.15) is 11.3 Å². The minimum absolute atomic E-state index is 0.0124. The molecule has 1 atom stereocenters. The average molecular weight is 335 g/mol. The van der Waals surface area contributed by atoms with E-state index in [1.165, 1.54) is 18.3 Å². The van der Waals surface area contributed by atoms with E-state index in [4.69, 9.17) is 9.84 Å². The predicted molar refractivity (Wildman–Crippen MR) is 88.2 cm³/mol. The van der Waals surface area contributed by atoms with Crippen LogP contribution in [0.3, 0.4) is 0 Å². The summed E-state index contributed by atoms with van der Waals surface area (Å²) in [5, 5.41) is 15.3. The van der Waals surface area contributed by atoms with Crippen LogP contribution in [0.1, 0.15) is 43.1 Å². The number of amides is 2. The number of ether oxygens (including phenoxy) is 1. The van der Waals surface area contributed by atoms with Crippen LogP contribution in [-0.2, 0) is 9.59 Å². The van der Waals surface area contributed by atoms with Crippen LogP contribution in [0.2, 0.25) is 0 Å². The number of aromatic carboxylic acids is 1. The normalized spacial score (nSPS) is 11.8. The minimum atomic E-state index is -1.13. The molecule has 0 bridgehead atoms. The van der Waals surface area contributed by atoms with Crippen molar-refractivity contribution in [1.82, 2.24) is 10.7 Å². The fourth-order valence-corrected chi connectivity index (χ4v) is 1.68. The van der Waals surface area contributed by atoms with Crippen molar-refractivity contribution in [3.8, 4) is 5.75 Å². The number of hydrogen-bond acceptors (Lipinski definition) is 5. The van der Waals surface area contributed by atoms with Gasteiger partial charge in [-0.1, -0.05) is 6.92 Å². The first-order valence-electron chi connectivity index (χ1n) is 7.53. The highest BCUT2D eigenvalue weighted by Crippen LogP contribution is 2.19. The standard InChI is InChI=1S/C16H21N3O5/c1-4-10(3)18-14(20)15(21)19-17-9-11-6-7-13(24-5-2)12(8-11)16(22)23/h6-10H,4-5H2,1-3H3,(H,18,20)(H,19,21)(H,22,23)/b17-9-/t10-/m1/s1. The molecule has 0 aliphatic rings. The van der Waals surface area contributed by atoms with Gasteiger partial charge in [0.2, 0.25) is 0 Å². The third-order valence-electron chi connectivity index (χ3n) is 3.11. The van der Waals surface area contributed by atoms with E-state index in [0.717, 1.165) is 0 Å². The Balaban J connectivity index is 2.73. The number of carbonyl (C=O) groups excluding carboxylic acids is 2. The van der Waals surface area contributed by atoms with Gasteiger partial charge in [0.25, 0.3) is 0 Å². The van der Waals surface area contributed by atoms with Gasteiger partial charge in [-0.05, 0) is 44.0 Å². The first kappa shape index (κ1) is 19.1. The monoisotopic (exact) mass is 335 g/mol. The Morgan fingerprint density at radius 1 is 1.29 bits per heavy atom. The van der Waals surface area contributed by atoms with Gasteiger partial charge in [-0.15, -0.1) is 0 Å². The van der Waals surface area contributed by atoms with Gasteiger partial charge in [-0.2, -0.15) is 5.10 Å². The largest absolute Gasteiger partial charge is 0.493 e. The van der Waals surface area contributed by atoms with Gasteiger partial charge in [-0.3, -0.25) is 9.59 Å². The van der Waals surface area contributed by atoms with Crippen LogP contribution in [0.5, 0.6) is 5.75 Å². The molecule has 0 aromatic heterocycles. The molecule has 24 heavy (non-hydrogen) atoms. The highest BCUT2D eigenvalue weighted by molar-refractivity contribution is 6.35. The van der Waals surface area contributed by atoms with Crippen LogP contribution in [0.15, 0.2) is 23.3 Å². The van der Waals surface area contributed by atoms with Crippen LogP contribution in [-0.4, -0.2) is 41.8 Å². The van der Waals surface area contributed by atoms with E-state index in [2.05, 4.69) is 15.8 Å². The number of hydrogen-bond donors (Lipinski definition) is 3. The fourth-order valence-electron chi connectivity index (χ4n) is 1.68. The summed E-state index contributed by atoms with van der Waals surface area (Å²) in [6, 6.07) is 4.34. The second-order valence-corrected chi connectivity index (χ2v) is 4.98. The zero-order valence-electron chi connectivity index (χ0n) is 13.8. The second-order valence-electron chi connectivity index (χ2n) is 4.98. The van der Waals surface area contributed by atoms with Gasteiger partial charge in [-0.25, -0.2) is 10.2 Å². The van der Waals surface area contributed by atoms with Crippen LogP contribution in [0.4, 0.5) is 0 Å². The van der Waals surface area contributed by atoms with E-state index in [0.29, 0.717) is 18.6 Å². The Labute approximate surface area is 139 Å². The van der Waals surface area contributed by atoms with Gasteiger partial charge < -0.3 is 15.2 Å². The highest BCUT2D eigenvalue weighted by atomic mass is 16.5. The van der Waals surface area contributed by atoms with E-state index >= 15 is 0 Å². The molecule has 2 amide bonds. The number of carbonyl (C=O) groups is 3. The van der Waals surface area contributed by atoms with Crippen LogP contribution in [0.25, 0.3) is 0 Å². The van der Waals surface area contributed by atoms with E-state index < -0.39 is 17.8 Å². The molecule has 0 unspecified atom stereocenters. The van der Waals surface area contributed by atoms with Crippen molar-refractivity contribution in [2.24, 2.45) is 5.10 Å². The van der Waals surface area contributed by atoms with Crippen molar-refractivity contribution < 1.29 is 24.2 Å². The number of carboxylic acid groups (broad SMARTS) is 1. The Bertz CT molecular complexity index is 643. The Morgan fingerprint density at radius 3 is 2.58 bits per heavy atom. The highest BCUT2D eigenvalue weighted by Gasteiger charge is 2.14. The van der Waals surface area contributed by atoms with E-state index in [1.54, 1.807) is 19.9 Å². The van der Waals surface area contributed by atoms with Gasteiger partial charge in [0.05, 0.1) is 12.8 Å². The van der Waals surface area contributed by atoms with E-state index in [9.17, 15) is 14.4 Å². The first-order chi connectivity index (χ1) is 11.4. The molecule has 0 saturated heterocycles. The molecule has 0 aliphatic heterocycles. The molecule has 0 heterocycles. The summed E-state index contributed by atoms with van der Waals surface area (Å²) in [6.07, 6.45) is 1.95. The number of nitrogens with one attached hydrogen (secondary N) is 2. The maximum absolute atomic E-state index is 11.5. The minimum Gasteiger partial charge on any atom is -0.493 e. The molecule has 0 saturated carbocycles. The molecule has 3 N–H and O–H groups in total. The molecule has 0 radical (unpaired) electrons. The molecule has 0 fully saturated rings. The summed E-state index contributed by atoms with van der Waals surface area (Å²) < 4.78 is 5.23. The summed E-state index contributed by atoms with van der Waals surface area (Å²) in [6.45, 7) is 5.75. The third kappa shape index (κ3) is 5.71. The van der Waals surface area contributed by atoms with Crippen molar-refractivity contribution in [2.45, 2.75) is 33.2 Å². The van der Waals surface area contributed by atoms with Crippen LogP contribution >= 0.6 is 0 Å². The Morgan fingerprint density at radius 2 is 2.00 bits per heavy atom. The smallest absolute Gasteiger partial charge is 0.339 e. The fraction of sp³-hybridized carbons (Fsp3) is 0.375. The summed E-state index contributed by atoms with van der Waals surface area (Å²) >= 11 is 0. The first-order valence-corrected chi connectivity index (χ1v) is 7.53. The average Bonchev–Trinajstić information content (AvgIpc) is 2.55. The van der Waals surface area contributed by atoms with Crippen molar-refractivity contribution in [2.75, 3.05) is 6.61 Å². The third-order valence-corrected chi connectivity index (χ3v) is 3.11. The predicted octanol–water partition coefficient (Wildman–Crippen LogP) is 1.15. The van der Waals surface area contributed by atoms with Crippen LogP contribution in [0, 0.1) is 0 Å². The maximum Gasteiger partial charge on any atom is 0.339 e. The van der Waals surface area contributed by atoms with Gasteiger partial charge in [0, 0.05) is 6.04 Å². The van der Waals surface area contributed by atoms with Crippen molar-refractivity contribution >= 4 is 24.0 Å². The zero-order chi connectivity index (χ0) is 18.1. The number of carboxylic acids is 1. The summed E-state index contributed by atoms with van der Waals surface area (Å²) in [7, 11) is 0. The lowest BCUT2D eigenvalue weighted by Gasteiger charge is -2.09. The molecule has 1 aromatic rings. The van der Waals surface area contributed by atoms with Gasteiger partial charge in [0.15, 0.2) is 0 Å². The lowest BCUT2D eigenvalue weighted by Crippen LogP contribution is -2.41. The second kappa shape index (κ2) is 9.29. The van der Waals surface area contributed by atoms with Crippen molar-refractivity contribution in [1.29, 1.82) is 0 Å². The molecule has 0 spiro atoms. The molecule has 130 valence electrons. The lowest BCUT2D eigenvalue weighted by atomic mass is 10.1. The zero-order valence-corrected chi connectivity index (χ0v) is 13.8. The number of benzene rings is 1. The quantitative estimate of drug-likeness (QED) is 0.392. The van der Waals surface area contributed by atoms with Crippen LogP contribution < -0.4 is 15.5 Å². The molecule has 1 rings (SSSR count). The molecule has 8 nitrogen and oxygen atoms in total. The SMILES string of the molecule is CCOc1ccc(/C=N\NC(=O)C(=O)N[C@H](C)CC)cc1C(=O)O. The number of hydrazone groups is 1. The molecular formula is C16H21N3O5. The lowest BCUT2D eigenvalue weighted by molar-refractivity contribution is -0.139. The summed E-state index contributed by atoms with van der Waals surface area (Å²) in [4.78, 5) is 34.3. The van der Waals surface area contributed by atoms with Crippen molar-refractivity contribution in [3.63, 3.8) is 0 Å². The Kier molecular flexibility index (Phi) is 7.41. The Hall–Kier alpha value is -2.90. The molecule has 1 aromatic carbocycles. The topological polar surface area (TPSA) is 117 Å². The van der Waals surface area contributed by atoms with E-state index in [-0.39, 0.29) is 17.4 Å².